The largest absolute Gasteiger partial charge is 0.478 e. The molecule has 0 spiro atoms. The summed E-state index contributed by atoms with van der Waals surface area (Å²) in [5.74, 6) is 0.214. The predicted molar refractivity (Wildman–Crippen MR) is 135 cm³/mol. The molecule has 0 amide bonds. The first kappa shape index (κ1) is 28.9. The summed E-state index contributed by atoms with van der Waals surface area (Å²) >= 11 is 0. The van der Waals surface area contributed by atoms with Gasteiger partial charge in [-0.1, -0.05) is 91.2 Å². The molecule has 0 aromatic carbocycles. The Morgan fingerprint density at radius 2 is 1.43 bits per heavy atom. The SMILES string of the molecule is C=C(C(=N)OCC)/C(=C\CN(C(C)CCC)C(C)CCCCCCCCCC)CC. The van der Waals surface area contributed by atoms with Gasteiger partial charge in [-0.15, -0.1) is 0 Å². The topological polar surface area (TPSA) is 36.3 Å². The fourth-order valence-electron chi connectivity index (χ4n) is 4.19. The van der Waals surface area contributed by atoms with Gasteiger partial charge in [0.15, 0.2) is 0 Å². The van der Waals surface area contributed by atoms with Crippen LogP contribution in [-0.2, 0) is 4.74 Å². The van der Waals surface area contributed by atoms with E-state index in [1.807, 2.05) is 6.92 Å². The molecule has 0 aromatic heterocycles. The van der Waals surface area contributed by atoms with Crippen molar-refractivity contribution in [3.8, 4) is 0 Å². The fourth-order valence-corrected chi connectivity index (χ4v) is 4.19. The van der Waals surface area contributed by atoms with E-state index in [0.717, 1.165) is 24.1 Å². The molecule has 2 atom stereocenters. The van der Waals surface area contributed by atoms with Crippen molar-refractivity contribution >= 4 is 5.90 Å². The molecule has 0 radical (unpaired) electrons. The summed E-state index contributed by atoms with van der Waals surface area (Å²) in [6.07, 6.45) is 17.9. The van der Waals surface area contributed by atoms with Crippen molar-refractivity contribution in [1.82, 2.24) is 4.90 Å². The summed E-state index contributed by atoms with van der Waals surface area (Å²) in [4.78, 5) is 2.65. The van der Waals surface area contributed by atoms with Crippen LogP contribution in [0.1, 0.15) is 119 Å². The number of unbranched alkanes of at least 4 members (excludes halogenated alkanes) is 7. The zero-order valence-electron chi connectivity index (χ0n) is 21.2. The molecule has 0 fully saturated rings. The normalized spacial score (nSPS) is 14.0. The molecular formula is C27H52N2O. The summed E-state index contributed by atoms with van der Waals surface area (Å²) < 4.78 is 5.36. The summed E-state index contributed by atoms with van der Waals surface area (Å²) in [5, 5.41) is 8.06. The number of nitrogens with one attached hydrogen (secondary N) is 1. The van der Waals surface area contributed by atoms with Crippen LogP contribution in [0.15, 0.2) is 23.8 Å². The second-order valence-corrected chi connectivity index (χ2v) is 8.77. The average molecular weight is 421 g/mol. The fraction of sp³-hybridized carbons (Fsp3) is 0.815. The standard InChI is InChI=1S/C27H52N2O/c1-8-12-13-14-15-16-17-18-20-24(6)29(23(5)19-9-2)22-21-26(10-3)25(7)27(28)30-11-4/h21,23-24,28H,7-20,22H2,1-6H3/b26-21-,28-27?. The highest BCUT2D eigenvalue weighted by Crippen LogP contribution is 2.20. The van der Waals surface area contributed by atoms with E-state index in [0.29, 0.717) is 18.7 Å². The summed E-state index contributed by atoms with van der Waals surface area (Å²) in [6.45, 7) is 18.9. The van der Waals surface area contributed by atoms with E-state index in [4.69, 9.17) is 10.1 Å². The Balaban J connectivity index is 4.74. The minimum absolute atomic E-state index is 0.214. The van der Waals surface area contributed by atoms with Crippen LogP contribution in [0, 0.1) is 5.41 Å². The molecule has 2 unspecified atom stereocenters. The summed E-state index contributed by atoms with van der Waals surface area (Å²) in [5.41, 5.74) is 1.87. The van der Waals surface area contributed by atoms with Gasteiger partial charge in [0.05, 0.1) is 6.61 Å². The first-order chi connectivity index (χ1) is 14.4. The lowest BCUT2D eigenvalue weighted by atomic mass is 10.0. The summed E-state index contributed by atoms with van der Waals surface area (Å²) in [7, 11) is 0. The molecule has 3 heteroatoms. The molecule has 176 valence electrons. The Morgan fingerprint density at radius 3 is 1.97 bits per heavy atom. The Hall–Kier alpha value is -1.09. The van der Waals surface area contributed by atoms with Gasteiger partial charge in [-0.05, 0) is 45.6 Å². The van der Waals surface area contributed by atoms with Crippen molar-refractivity contribution in [2.75, 3.05) is 13.2 Å². The van der Waals surface area contributed by atoms with Gasteiger partial charge in [-0.3, -0.25) is 10.3 Å². The molecule has 0 aliphatic carbocycles. The number of hydrogen-bond donors (Lipinski definition) is 1. The Kier molecular flexibility index (Phi) is 18.0. The maximum Gasteiger partial charge on any atom is 0.212 e. The Labute approximate surface area is 188 Å². The highest BCUT2D eigenvalue weighted by atomic mass is 16.5. The first-order valence-corrected chi connectivity index (χ1v) is 12.8. The molecule has 0 aliphatic heterocycles. The van der Waals surface area contributed by atoms with E-state index in [1.165, 1.54) is 70.6 Å². The minimum Gasteiger partial charge on any atom is -0.478 e. The van der Waals surface area contributed by atoms with Crippen molar-refractivity contribution in [1.29, 1.82) is 5.41 Å². The van der Waals surface area contributed by atoms with Gasteiger partial charge < -0.3 is 4.74 Å². The van der Waals surface area contributed by atoms with Gasteiger partial charge in [-0.25, -0.2) is 0 Å². The van der Waals surface area contributed by atoms with Gasteiger partial charge in [0, 0.05) is 24.2 Å². The molecule has 0 saturated heterocycles. The third-order valence-corrected chi connectivity index (χ3v) is 6.19. The van der Waals surface area contributed by atoms with Crippen LogP contribution in [0.3, 0.4) is 0 Å². The van der Waals surface area contributed by atoms with Crippen LogP contribution in [0.5, 0.6) is 0 Å². The van der Waals surface area contributed by atoms with E-state index >= 15 is 0 Å². The molecule has 3 nitrogen and oxygen atoms in total. The van der Waals surface area contributed by atoms with Gasteiger partial charge in [0.25, 0.3) is 0 Å². The lowest BCUT2D eigenvalue weighted by Gasteiger charge is -2.34. The Bertz CT molecular complexity index is 483. The maximum absolute atomic E-state index is 8.06. The number of hydrogen-bond acceptors (Lipinski definition) is 3. The number of ether oxygens (including phenoxy) is 1. The molecular weight excluding hydrogens is 368 g/mol. The van der Waals surface area contributed by atoms with Crippen molar-refractivity contribution < 1.29 is 4.74 Å². The monoisotopic (exact) mass is 420 g/mol. The molecule has 0 heterocycles. The van der Waals surface area contributed by atoms with E-state index in [1.54, 1.807) is 0 Å². The van der Waals surface area contributed by atoms with Gasteiger partial charge in [-0.2, -0.15) is 0 Å². The number of rotatable bonds is 19. The third kappa shape index (κ3) is 12.6. The minimum atomic E-state index is 0.214. The van der Waals surface area contributed by atoms with Crippen molar-refractivity contribution in [3.63, 3.8) is 0 Å². The zero-order chi connectivity index (χ0) is 22.8. The number of nitrogens with zero attached hydrogens (tertiary/aromatic N) is 1. The van der Waals surface area contributed by atoms with Gasteiger partial charge in [0.1, 0.15) is 0 Å². The molecule has 0 bridgehead atoms. The second-order valence-electron chi connectivity index (χ2n) is 8.77. The van der Waals surface area contributed by atoms with E-state index in [-0.39, 0.29) is 5.90 Å². The molecule has 0 aromatic rings. The van der Waals surface area contributed by atoms with Crippen molar-refractivity contribution in [2.24, 2.45) is 0 Å². The van der Waals surface area contributed by atoms with Crippen molar-refractivity contribution in [2.45, 2.75) is 131 Å². The van der Waals surface area contributed by atoms with E-state index in [9.17, 15) is 0 Å². The molecule has 0 aliphatic rings. The second kappa shape index (κ2) is 18.7. The molecule has 1 N–H and O–H groups in total. The lowest BCUT2D eigenvalue weighted by Crippen LogP contribution is -2.40. The van der Waals surface area contributed by atoms with E-state index < -0.39 is 0 Å². The van der Waals surface area contributed by atoms with Crippen molar-refractivity contribution in [3.05, 3.63) is 23.8 Å². The highest BCUT2D eigenvalue weighted by molar-refractivity contribution is 5.94. The average Bonchev–Trinajstić information content (AvgIpc) is 2.72. The third-order valence-electron chi connectivity index (χ3n) is 6.19. The van der Waals surface area contributed by atoms with Gasteiger partial charge in [0.2, 0.25) is 5.90 Å². The lowest BCUT2D eigenvalue weighted by molar-refractivity contribution is 0.154. The Morgan fingerprint density at radius 1 is 0.867 bits per heavy atom. The van der Waals surface area contributed by atoms with Crippen LogP contribution in [-0.4, -0.2) is 36.0 Å². The molecule has 30 heavy (non-hydrogen) atoms. The van der Waals surface area contributed by atoms with Gasteiger partial charge >= 0.3 is 0 Å². The van der Waals surface area contributed by atoms with Crippen LogP contribution in [0.4, 0.5) is 0 Å². The maximum atomic E-state index is 8.06. The van der Waals surface area contributed by atoms with Crippen LogP contribution in [0.25, 0.3) is 0 Å². The highest BCUT2D eigenvalue weighted by Gasteiger charge is 2.19. The predicted octanol–water partition coefficient (Wildman–Crippen LogP) is 8.30. The quantitative estimate of drug-likeness (QED) is 0.0987. The smallest absolute Gasteiger partial charge is 0.212 e. The summed E-state index contributed by atoms with van der Waals surface area (Å²) in [6, 6.07) is 1.16. The molecule has 0 saturated carbocycles. The molecule has 0 rings (SSSR count). The zero-order valence-corrected chi connectivity index (χ0v) is 21.2. The first-order valence-electron chi connectivity index (χ1n) is 12.8. The van der Waals surface area contributed by atoms with Crippen LogP contribution >= 0.6 is 0 Å². The van der Waals surface area contributed by atoms with Crippen LogP contribution in [0.2, 0.25) is 0 Å². The van der Waals surface area contributed by atoms with Crippen LogP contribution < -0.4 is 0 Å². The van der Waals surface area contributed by atoms with E-state index in [2.05, 4.69) is 52.2 Å².